The second-order valence-electron chi connectivity index (χ2n) is 2.97. The van der Waals surface area contributed by atoms with Crippen LogP contribution >= 0.6 is 0 Å². The molecule has 1 nitrogen and oxygen atoms in total. The van der Waals surface area contributed by atoms with E-state index in [9.17, 15) is 4.39 Å². The maximum Gasteiger partial charge on any atom is 0.125 e. The van der Waals surface area contributed by atoms with Gasteiger partial charge in [0.15, 0.2) is 0 Å². The molecular weight excluding hydrogens is 165 g/mol. The summed E-state index contributed by atoms with van der Waals surface area (Å²) in [5, 5.41) is 3.16. The number of allylic oxidation sites excluding steroid dienone is 1. The van der Waals surface area contributed by atoms with E-state index in [1.54, 1.807) is 6.07 Å². The van der Waals surface area contributed by atoms with Gasteiger partial charge in [0.25, 0.3) is 0 Å². The number of hydrogen-bond donors (Lipinski definition) is 1. The summed E-state index contributed by atoms with van der Waals surface area (Å²) >= 11 is 0. The average molecular weight is 179 g/mol. The van der Waals surface area contributed by atoms with Crippen LogP contribution in [0.1, 0.15) is 13.8 Å². The molecule has 0 aromatic heterocycles. The van der Waals surface area contributed by atoms with Gasteiger partial charge in [0.1, 0.15) is 5.82 Å². The summed E-state index contributed by atoms with van der Waals surface area (Å²) in [5.41, 5.74) is 0.811. The molecule has 0 fully saturated rings. The Balaban J connectivity index is 2.63. The van der Waals surface area contributed by atoms with Crippen molar-refractivity contribution in [3.05, 3.63) is 42.2 Å². The van der Waals surface area contributed by atoms with E-state index in [1.807, 2.05) is 32.1 Å². The molecule has 0 aliphatic rings. The van der Waals surface area contributed by atoms with Crippen molar-refractivity contribution >= 4 is 5.69 Å². The van der Waals surface area contributed by atoms with Gasteiger partial charge in [-0.05, 0) is 32.0 Å². The highest BCUT2D eigenvalue weighted by atomic mass is 19.1. The third kappa shape index (κ3) is 3.28. The first-order valence-corrected chi connectivity index (χ1v) is 4.37. The Morgan fingerprint density at radius 2 is 2.23 bits per heavy atom. The van der Waals surface area contributed by atoms with Gasteiger partial charge < -0.3 is 5.32 Å². The SMILES string of the molecule is CC=CC(C)Nc1cccc(F)c1. The van der Waals surface area contributed by atoms with Crippen molar-refractivity contribution in [2.24, 2.45) is 0 Å². The smallest absolute Gasteiger partial charge is 0.125 e. The summed E-state index contributed by atoms with van der Waals surface area (Å²) in [6.07, 6.45) is 3.99. The highest BCUT2D eigenvalue weighted by Gasteiger charge is 1.97. The van der Waals surface area contributed by atoms with Gasteiger partial charge in [-0.2, -0.15) is 0 Å². The fourth-order valence-corrected chi connectivity index (χ4v) is 1.18. The molecule has 0 saturated carbocycles. The Hall–Kier alpha value is -1.31. The number of benzene rings is 1. The molecule has 70 valence electrons. The van der Waals surface area contributed by atoms with E-state index in [4.69, 9.17) is 0 Å². The van der Waals surface area contributed by atoms with Crippen LogP contribution in [0, 0.1) is 5.82 Å². The summed E-state index contributed by atoms with van der Waals surface area (Å²) < 4.78 is 12.7. The van der Waals surface area contributed by atoms with E-state index in [2.05, 4.69) is 5.32 Å². The van der Waals surface area contributed by atoms with Crippen LogP contribution in [0.2, 0.25) is 0 Å². The second kappa shape index (κ2) is 4.65. The molecule has 0 aliphatic heterocycles. The lowest BCUT2D eigenvalue weighted by atomic mass is 10.2. The molecule has 2 heteroatoms. The predicted molar refractivity (Wildman–Crippen MR) is 54.3 cm³/mol. The van der Waals surface area contributed by atoms with Gasteiger partial charge in [-0.3, -0.25) is 0 Å². The van der Waals surface area contributed by atoms with Crippen LogP contribution in [0.25, 0.3) is 0 Å². The molecule has 1 aromatic carbocycles. The monoisotopic (exact) mass is 179 g/mol. The first-order chi connectivity index (χ1) is 6.22. The predicted octanol–water partition coefficient (Wildman–Crippen LogP) is 3.20. The zero-order chi connectivity index (χ0) is 9.68. The Morgan fingerprint density at radius 3 is 2.85 bits per heavy atom. The Bertz CT molecular complexity index is 294. The van der Waals surface area contributed by atoms with Gasteiger partial charge >= 0.3 is 0 Å². The number of halogens is 1. The molecule has 0 aliphatic carbocycles. The molecule has 0 heterocycles. The molecule has 0 saturated heterocycles. The molecule has 1 N–H and O–H groups in total. The van der Waals surface area contributed by atoms with E-state index in [-0.39, 0.29) is 11.9 Å². The van der Waals surface area contributed by atoms with Crippen molar-refractivity contribution in [2.45, 2.75) is 19.9 Å². The third-order valence-electron chi connectivity index (χ3n) is 1.70. The maximum absolute atomic E-state index is 12.7. The second-order valence-corrected chi connectivity index (χ2v) is 2.97. The normalized spacial score (nSPS) is 13.2. The highest BCUT2D eigenvalue weighted by molar-refractivity contribution is 5.44. The van der Waals surface area contributed by atoms with Gasteiger partial charge in [0, 0.05) is 11.7 Å². The van der Waals surface area contributed by atoms with Crippen molar-refractivity contribution in [3.8, 4) is 0 Å². The van der Waals surface area contributed by atoms with Crippen LogP contribution in [-0.2, 0) is 0 Å². The maximum atomic E-state index is 12.7. The Morgan fingerprint density at radius 1 is 1.46 bits per heavy atom. The van der Waals surface area contributed by atoms with E-state index >= 15 is 0 Å². The zero-order valence-corrected chi connectivity index (χ0v) is 7.92. The lowest BCUT2D eigenvalue weighted by molar-refractivity contribution is 0.628. The lowest BCUT2D eigenvalue weighted by Crippen LogP contribution is -2.11. The van der Waals surface area contributed by atoms with Gasteiger partial charge in [-0.25, -0.2) is 4.39 Å². The molecule has 0 bridgehead atoms. The standard InChI is InChI=1S/C11H14FN/c1-3-5-9(2)13-11-7-4-6-10(12)8-11/h3-9,13H,1-2H3. The van der Waals surface area contributed by atoms with Crippen molar-refractivity contribution in [1.29, 1.82) is 0 Å². The van der Waals surface area contributed by atoms with Crippen LogP contribution in [0.15, 0.2) is 36.4 Å². The number of hydrogen-bond acceptors (Lipinski definition) is 1. The molecule has 0 radical (unpaired) electrons. The third-order valence-corrected chi connectivity index (χ3v) is 1.70. The van der Waals surface area contributed by atoms with Crippen LogP contribution in [-0.4, -0.2) is 6.04 Å². The average Bonchev–Trinajstić information content (AvgIpc) is 2.04. The fraction of sp³-hybridized carbons (Fsp3) is 0.273. The van der Waals surface area contributed by atoms with Crippen molar-refractivity contribution in [1.82, 2.24) is 0 Å². The summed E-state index contributed by atoms with van der Waals surface area (Å²) in [4.78, 5) is 0. The van der Waals surface area contributed by atoms with Crippen LogP contribution in [0.3, 0.4) is 0 Å². The van der Waals surface area contributed by atoms with Gasteiger partial charge in [-0.1, -0.05) is 18.2 Å². The lowest BCUT2D eigenvalue weighted by Gasteiger charge is -2.10. The fourth-order valence-electron chi connectivity index (χ4n) is 1.18. The quantitative estimate of drug-likeness (QED) is 0.702. The van der Waals surface area contributed by atoms with Crippen LogP contribution in [0.5, 0.6) is 0 Å². The molecular formula is C11H14FN. The van der Waals surface area contributed by atoms with E-state index in [0.29, 0.717) is 0 Å². The van der Waals surface area contributed by atoms with Gasteiger partial charge in [0.2, 0.25) is 0 Å². The number of rotatable bonds is 3. The largest absolute Gasteiger partial charge is 0.379 e. The highest BCUT2D eigenvalue weighted by Crippen LogP contribution is 2.10. The van der Waals surface area contributed by atoms with Gasteiger partial charge in [0.05, 0.1) is 0 Å². The summed E-state index contributed by atoms with van der Waals surface area (Å²) in [7, 11) is 0. The molecule has 0 spiro atoms. The molecule has 1 rings (SSSR count). The van der Waals surface area contributed by atoms with Crippen LogP contribution in [0.4, 0.5) is 10.1 Å². The van der Waals surface area contributed by atoms with E-state index in [1.165, 1.54) is 12.1 Å². The minimum atomic E-state index is -0.210. The zero-order valence-electron chi connectivity index (χ0n) is 7.92. The number of nitrogens with one attached hydrogen (secondary N) is 1. The van der Waals surface area contributed by atoms with E-state index < -0.39 is 0 Å². The summed E-state index contributed by atoms with van der Waals surface area (Å²) in [5.74, 6) is -0.210. The molecule has 1 unspecified atom stereocenters. The minimum Gasteiger partial charge on any atom is -0.379 e. The Kier molecular flexibility index (Phi) is 3.50. The first kappa shape index (κ1) is 9.78. The topological polar surface area (TPSA) is 12.0 Å². The van der Waals surface area contributed by atoms with Crippen LogP contribution < -0.4 is 5.32 Å². The summed E-state index contributed by atoms with van der Waals surface area (Å²) in [6.45, 7) is 3.98. The molecule has 1 atom stereocenters. The molecule has 1 aromatic rings. The first-order valence-electron chi connectivity index (χ1n) is 4.37. The van der Waals surface area contributed by atoms with Gasteiger partial charge in [-0.15, -0.1) is 0 Å². The Labute approximate surface area is 78.3 Å². The van der Waals surface area contributed by atoms with Crippen molar-refractivity contribution < 1.29 is 4.39 Å². The molecule has 13 heavy (non-hydrogen) atoms. The summed E-state index contributed by atoms with van der Waals surface area (Å²) in [6, 6.07) is 6.70. The molecule has 0 amide bonds. The van der Waals surface area contributed by atoms with E-state index in [0.717, 1.165) is 5.69 Å². The van der Waals surface area contributed by atoms with Crippen molar-refractivity contribution in [3.63, 3.8) is 0 Å². The minimum absolute atomic E-state index is 0.210. The van der Waals surface area contributed by atoms with Crippen molar-refractivity contribution in [2.75, 3.05) is 5.32 Å². The number of anilines is 1.